The highest BCUT2D eigenvalue weighted by Crippen LogP contribution is 2.27. The number of nitrogens with one attached hydrogen (secondary N) is 2. The normalized spacial score (nSPS) is 35.4. The van der Waals surface area contributed by atoms with Gasteiger partial charge in [0.2, 0.25) is 23.6 Å². The maximum absolute atomic E-state index is 13.8. The lowest BCUT2D eigenvalue weighted by atomic mass is 10.0. The number of aliphatic hydroxyl groups is 2. The molecule has 12 nitrogen and oxygen atoms in total. The first-order valence-corrected chi connectivity index (χ1v) is 13.6. The molecule has 4 aliphatic heterocycles. The molecule has 0 saturated carbocycles. The number of rotatable bonds is 2. The number of piperazine rings is 1. The summed E-state index contributed by atoms with van der Waals surface area (Å²) in [6.45, 7) is 2.87. The Balaban J connectivity index is 1.42. The van der Waals surface area contributed by atoms with E-state index in [1.807, 2.05) is 21.7 Å². The summed E-state index contributed by atoms with van der Waals surface area (Å²) in [5, 5.41) is 30.6. The Hall–Kier alpha value is -2.58. The second-order valence-corrected chi connectivity index (χ2v) is 11.0. The van der Waals surface area contributed by atoms with Crippen LogP contribution < -0.4 is 10.6 Å². The molecule has 6 bridgehead atoms. The molecule has 202 valence electrons. The van der Waals surface area contributed by atoms with Crippen LogP contribution in [0.3, 0.4) is 0 Å². The Labute approximate surface area is 218 Å². The van der Waals surface area contributed by atoms with E-state index in [2.05, 4.69) is 10.6 Å². The number of hydrogen-bond donors (Lipinski definition) is 4. The number of aliphatic hydroxyl groups excluding tert-OH is 2. The molecule has 4 aliphatic rings. The maximum Gasteiger partial charge on any atom is 0.244 e. The average molecular weight is 536 g/mol. The summed E-state index contributed by atoms with van der Waals surface area (Å²) >= 11 is 1.57. The molecule has 0 aliphatic carbocycles. The smallest absolute Gasteiger partial charge is 0.244 e. The zero-order chi connectivity index (χ0) is 26.3. The number of likely N-dealkylation sites (tertiary alicyclic amines) is 1. The van der Waals surface area contributed by atoms with Crippen LogP contribution >= 0.6 is 11.3 Å². The van der Waals surface area contributed by atoms with Crippen LogP contribution in [0.4, 0.5) is 0 Å². The van der Waals surface area contributed by atoms with Crippen molar-refractivity contribution in [2.75, 3.05) is 32.7 Å². The quantitative estimate of drug-likeness (QED) is 0.336. The molecule has 5 heterocycles. The van der Waals surface area contributed by atoms with E-state index >= 15 is 0 Å². The topological polar surface area (TPSA) is 152 Å². The number of nitrogens with zero attached hydrogens (tertiary/aromatic N) is 3. The van der Waals surface area contributed by atoms with Gasteiger partial charge in [-0.1, -0.05) is 0 Å². The molecule has 0 spiro atoms. The van der Waals surface area contributed by atoms with Crippen molar-refractivity contribution in [3.8, 4) is 0 Å². The SMILES string of the molecule is CC(=O)N1CCN2C[C@H]1C(=O)NC[C@H]1O[C@@H](CC(=O)N[C@H]3C[C@@H](C2=O)N(Cc2ccsc2)C3)[C@H](O)[C@@H]1O. The zero-order valence-electron chi connectivity index (χ0n) is 20.6. The second-order valence-electron chi connectivity index (χ2n) is 10.2. The molecule has 1 aromatic rings. The lowest BCUT2D eigenvalue weighted by molar-refractivity contribution is -0.149. The van der Waals surface area contributed by atoms with Gasteiger partial charge in [-0.2, -0.15) is 11.3 Å². The summed E-state index contributed by atoms with van der Waals surface area (Å²) in [7, 11) is 0. The molecular weight excluding hydrogens is 502 g/mol. The van der Waals surface area contributed by atoms with E-state index in [4.69, 9.17) is 4.74 Å². The van der Waals surface area contributed by atoms with Crippen molar-refractivity contribution < 1.29 is 34.1 Å². The van der Waals surface area contributed by atoms with Gasteiger partial charge in [-0.3, -0.25) is 24.1 Å². The molecule has 0 radical (unpaired) electrons. The fourth-order valence-electron chi connectivity index (χ4n) is 5.80. The van der Waals surface area contributed by atoms with Gasteiger partial charge in [-0.25, -0.2) is 0 Å². The Morgan fingerprint density at radius 1 is 1.14 bits per heavy atom. The molecule has 1 aromatic heterocycles. The maximum atomic E-state index is 13.8. The van der Waals surface area contributed by atoms with Crippen LogP contribution in [0.2, 0.25) is 0 Å². The monoisotopic (exact) mass is 535 g/mol. The van der Waals surface area contributed by atoms with Gasteiger partial charge in [0.05, 0.1) is 25.1 Å². The average Bonchev–Trinajstić information content (AvgIpc) is 3.58. The van der Waals surface area contributed by atoms with E-state index in [1.165, 1.54) is 11.8 Å². The molecule has 7 atom stereocenters. The van der Waals surface area contributed by atoms with Crippen molar-refractivity contribution in [2.24, 2.45) is 0 Å². The van der Waals surface area contributed by atoms with Crippen molar-refractivity contribution >= 4 is 35.0 Å². The van der Waals surface area contributed by atoms with Gasteiger partial charge >= 0.3 is 0 Å². The molecule has 0 aromatic carbocycles. The van der Waals surface area contributed by atoms with Gasteiger partial charge in [0.1, 0.15) is 24.4 Å². The minimum absolute atomic E-state index is 0.0450. The fraction of sp³-hybridized carbons (Fsp3) is 0.667. The third-order valence-corrected chi connectivity index (χ3v) is 8.48. The largest absolute Gasteiger partial charge is 0.388 e. The Bertz CT molecular complexity index is 1040. The molecule has 4 fully saturated rings. The number of carbonyl (C=O) groups excluding carboxylic acids is 4. The lowest BCUT2D eigenvalue weighted by Gasteiger charge is -2.41. The summed E-state index contributed by atoms with van der Waals surface area (Å²) in [4.78, 5) is 57.2. The van der Waals surface area contributed by atoms with E-state index in [0.29, 0.717) is 26.1 Å². The number of ether oxygens (including phenoxy) is 1. The predicted molar refractivity (Wildman–Crippen MR) is 131 cm³/mol. The molecule has 13 heteroatoms. The summed E-state index contributed by atoms with van der Waals surface area (Å²) in [6, 6.07) is 0.333. The van der Waals surface area contributed by atoms with Crippen molar-refractivity contribution in [3.63, 3.8) is 0 Å². The van der Waals surface area contributed by atoms with Crippen molar-refractivity contribution in [3.05, 3.63) is 22.4 Å². The number of carbonyl (C=O) groups is 4. The molecule has 0 unspecified atom stereocenters. The number of hydrogen-bond acceptors (Lipinski definition) is 9. The Kier molecular flexibility index (Phi) is 7.50. The first-order chi connectivity index (χ1) is 17.7. The van der Waals surface area contributed by atoms with Crippen LogP contribution in [-0.2, 0) is 30.5 Å². The first kappa shape index (κ1) is 26.0. The number of amides is 4. The highest BCUT2D eigenvalue weighted by Gasteiger charge is 2.46. The third-order valence-electron chi connectivity index (χ3n) is 7.74. The first-order valence-electron chi connectivity index (χ1n) is 12.6. The van der Waals surface area contributed by atoms with E-state index in [-0.39, 0.29) is 49.8 Å². The van der Waals surface area contributed by atoms with E-state index in [0.717, 1.165) is 5.56 Å². The molecule has 37 heavy (non-hydrogen) atoms. The van der Waals surface area contributed by atoms with Crippen molar-refractivity contribution in [1.29, 1.82) is 0 Å². The number of fused-ring (bicyclic) bond motifs is 6. The number of thiophene rings is 1. The van der Waals surface area contributed by atoms with Gasteiger partial charge in [-0.15, -0.1) is 0 Å². The van der Waals surface area contributed by atoms with E-state index in [9.17, 15) is 29.4 Å². The van der Waals surface area contributed by atoms with E-state index < -0.39 is 42.4 Å². The van der Waals surface area contributed by atoms with Gasteiger partial charge in [0, 0.05) is 45.7 Å². The second kappa shape index (κ2) is 10.7. The summed E-state index contributed by atoms with van der Waals surface area (Å²) < 4.78 is 5.74. The van der Waals surface area contributed by atoms with Gasteiger partial charge in [0.25, 0.3) is 0 Å². The van der Waals surface area contributed by atoms with Crippen LogP contribution in [0.25, 0.3) is 0 Å². The van der Waals surface area contributed by atoms with Crippen LogP contribution in [-0.4, -0.2) is 124 Å². The zero-order valence-corrected chi connectivity index (χ0v) is 21.4. The highest BCUT2D eigenvalue weighted by atomic mass is 32.1. The van der Waals surface area contributed by atoms with Crippen molar-refractivity contribution in [2.45, 2.75) is 68.9 Å². The van der Waals surface area contributed by atoms with Crippen LogP contribution in [0.1, 0.15) is 25.3 Å². The Morgan fingerprint density at radius 3 is 2.65 bits per heavy atom. The summed E-state index contributed by atoms with van der Waals surface area (Å²) in [5.74, 6) is -1.20. The van der Waals surface area contributed by atoms with Gasteiger partial charge in [-0.05, 0) is 28.8 Å². The molecule has 4 amide bonds. The van der Waals surface area contributed by atoms with Crippen LogP contribution in [0, 0.1) is 0 Å². The van der Waals surface area contributed by atoms with Crippen LogP contribution in [0.5, 0.6) is 0 Å². The summed E-state index contributed by atoms with van der Waals surface area (Å²) in [5.41, 5.74) is 1.07. The standard InChI is InChI=1S/C24H33N5O7S/c1-13(30)29-4-3-27-11-17(29)23(34)25-8-19-22(33)21(32)18(36-19)7-20(31)26-15-6-16(24(27)35)28(10-15)9-14-2-5-37-12-14/h2,5,12,15-19,21-22,32-33H,3-4,6-11H2,1H3,(H,25,34)(H,26,31)/t15-,16-,17-,18-,19+,21-,22+/m0/s1. The van der Waals surface area contributed by atoms with Gasteiger partial charge in [0.15, 0.2) is 0 Å². The summed E-state index contributed by atoms with van der Waals surface area (Å²) in [6.07, 6.45) is -4.15. The fourth-order valence-corrected chi connectivity index (χ4v) is 6.46. The Morgan fingerprint density at radius 2 is 1.92 bits per heavy atom. The molecule has 4 N–H and O–H groups in total. The lowest BCUT2D eigenvalue weighted by Crippen LogP contribution is -2.63. The minimum atomic E-state index is -1.28. The molecule has 4 saturated heterocycles. The highest BCUT2D eigenvalue weighted by molar-refractivity contribution is 7.07. The van der Waals surface area contributed by atoms with Gasteiger partial charge < -0.3 is 35.4 Å². The molecule has 5 rings (SSSR count). The predicted octanol–water partition coefficient (Wildman–Crippen LogP) is -2.12. The molecular formula is C24H33N5O7S. The van der Waals surface area contributed by atoms with Crippen molar-refractivity contribution in [1.82, 2.24) is 25.3 Å². The third kappa shape index (κ3) is 5.36. The minimum Gasteiger partial charge on any atom is -0.388 e. The van der Waals surface area contributed by atoms with E-state index in [1.54, 1.807) is 16.2 Å². The van der Waals surface area contributed by atoms with Crippen LogP contribution in [0.15, 0.2) is 16.8 Å².